The number of allylic oxidation sites excluding steroid dienone is 1. The molecule has 4 rings (SSSR count). The van der Waals surface area contributed by atoms with Crippen molar-refractivity contribution < 1.29 is 9.59 Å². The van der Waals surface area contributed by atoms with Crippen molar-refractivity contribution in [1.82, 2.24) is 0 Å². The van der Waals surface area contributed by atoms with Crippen molar-refractivity contribution in [2.24, 2.45) is 34.5 Å². The first kappa shape index (κ1) is 14.7. The van der Waals surface area contributed by atoms with Gasteiger partial charge in [0.2, 0.25) is 0 Å². The molecule has 0 radical (unpaired) electrons. The van der Waals surface area contributed by atoms with Crippen LogP contribution in [0.3, 0.4) is 0 Å². The van der Waals surface area contributed by atoms with Crippen LogP contribution in [0.25, 0.3) is 0 Å². The minimum atomic E-state index is 0.255. The molecule has 0 aromatic rings. The first-order chi connectivity index (χ1) is 10.5. The van der Waals surface area contributed by atoms with E-state index in [2.05, 4.69) is 13.8 Å². The topological polar surface area (TPSA) is 34.1 Å². The fourth-order valence-electron chi connectivity index (χ4n) is 6.82. The lowest BCUT2D eigenvalue weighted by molar-refractivity contribution is -0.120. The van der Waals surface area contributed by atoms with Gasteiger partial charge in [0.25, 0.3) is 0 Å². The molecule has 0 amide bonds. The van der Waals surface area contributed by atoms with Crippen LogP contribution in [0.15, 0.2) is 11.6 Å². The summed E-state index contributed by atoms with van der Waals surface area (Å²) in [6.45, 7) is 4.81. The summed E-state index contributed by atoms with van der Waals surface area (Å²) in [5.41, 5.74) is 1.96. The van der Waals surface area contributed by atoms with Crippen LogP contribution in [0.1, 0.15) is 65.2 Å². The number of fused-ring (bicyclic) bond motifs is 5. The quantitative estimate of drug-likeness (QED) is 0.675. The lowest BCUT2D eigenvalue weighted by atomic mass is 9.47. The number of rotatable bonds is 1. The molecule has 0 saturated heterocycles. The van der Waals surface area contributed by atoms with E-state index in [1.807, 2.05) is 6.08 Å². The smallest absolute Gasteiger partial charge is 0.155 e. The highest BCUT2D eigenvalue weighted by molar-refractivity contribution is 5.91. The summed E-state index contributed by atoms with van der Waals surface area (Å²) >= 11 is 0. The van der Waals surface area contributed by atoms with Gasteiger partial charge in [-0.2, -0.15) is 0 Å². The standard InChI is InChI=1S/C20H28O2/c1-19-9-7-15(22)11-13(19)3-5-16-17-6-4-14(12-21)20(17,2)10-8-18(16)19/h11-12,14,16-18H,3-10H2,1-2H3/t14?,16-,17-,18+,19-,20+/m0/s1. The monoisotopic (exact) mass is 300 g/mol. The Morgan fingerprint density at radius 3 is 2.64 bits per heavy atom. The van der Waals surface area contributed by atoms with E-state index in [0.717, 1.165) is 43.4 Å². The third kappa shape index (κ3) is 1.79. The molecule has 2 heteroatoms. The lowest BCUT2D eigenvalue weighted by Crippen LogP contribution is -2.50. The predicted octanol–water partition coefficient (Wildman–Crippen LogP) is 4.33. The molecule has 0 heterocycles. The summed E-state index contributed by atoms with van der Waals surface area (Å²) in [6, 6.07) is 0. The minimum Gasteiger partial charge on any atom is -0.303 e. The first-order valence-electron chi connectivity index (χ1n) is 9.18. The van der Waals surface area contributed by atoms with Crippen molar-refractivity contribution in [2.75, 3.05) is 0 Å². The van der Waals surface area contributed by atoms with Crippen LogP contribution in [0.5, 0.6) is 0 Å². The Bertz CT molecular complexity index is 548. The molecular formula is C20H28O2. The van der Waals surface area contributed by atoms with E-state index in [9.17, 15) is 9.59 Å². The maximum Gasteiger partial charge on any atom is 0.155 e. The van der Waals surface area contributed by atoms with E-state index in [-0.39, 0.29) is 16.7 Å². The zero-order valence-corrected chi connectivity index (χ0v) is 13.9. The van der Waals surface area contributed by atoms with Gasteiger partial charge in [0.15, 0.2) is 5.78 Å². The number of carbonyl (C=O) groups is 2. The van der Waals surface area contributed by atoms with E-state index >= 15 is 0 Å². The largest absolute Gasteiger partial charge is 0.303 e. The second-order valence-electron chi connectivity index (χ2n) is 8.83. The van der Waals surface area contributed by atoms with Gasteiger partial charge >= 0.3 is 0 Å². The van der Waals surface area contributed by atoms with Crippen LogP contribution < -0.4 is 0 Å². The Balaban J connectivity index is 1.68. The average Bonchev–Trinajstić information content (AvgIpc) is 2.84. The number of ketones is 1. The van der Waals surface area contributed by atoms with Gasteiger partial charge in [-0.15, -0.1) is 0 Å². The van der Waals surface area contributed by atoms with Gasteiger partial charge in [-0.3, -0.25) is 4.79 Å². The summed E-state index contributed by atoms with van der Waals surface area (Å²) in [5, 5.41) is 0. The number of hydrogen-bond donors (Lipinski definition) is 0. The molecular weight excluding hydrogens is 272 g/mol. The normalized spacial score (nSPS) is 50.6. The van der Waals surface area contributed by atoms with Crippen molar-refractivity contribution in [2.45, 2.75) is 65.2 Å². The van der Waals surface area contributed by atoms with Crippen molar-refractivity contribution >= 4 is 12.1 Å². The maximum atomic E-state index is 11.8. The summed E-state index contributed by atoms with van der Waals surface area (Å²) in [6.07, 6.45) is 12.2. The Hall–Kier alpha value is -0.920. The van der Waals surface area contributed by atoms with Crippen LogP contribution >= 0.6 is 0 Å². The zero-order chi connectivity index (χ0) is 15.5. The van der Waals surface area contributed by atoms with Crippen molar-refractivity contribution in [3.05, 3.63) is 11.6 Å². The van der Waals surface area contributed by atoms with Gasteiger partial charge in [0, 0.05) is 12.3 Å². The highest BCUT2D eigenvalue weighted by Gasteiger charge is 2.58. The van der Waals surface area contributed by atoms with E-state index in [1.165, 1.54) is 37.5 Å². The minimum absolute atomic E-state index is 0.255. The molecule has 3 fully saturated rings. The SMILES string of the molecule is C[C@]12CCC(=O)C=C1CC[C@@H]1[C@H]2CC[C@]2(C)C(C=O)CC[C@@H]12. The predicted molar refractivity (Wildman–Crippen MR) is 86.3 cm³/mol. The first-order valence-corrected chi connectivity index (χ1v) is 9.18. The second kappa shape index (κ2) is 4.79. The summed E-state index contributed by atoms with van der Waals surface area (Å²) in [5.74, 6) is 2.88. The van der Waals surface area contributed by atoms with Crippen molar-refractivity contribution in [1.29, 1.82) is 0 Å². The molecule has 22 heavy (non-hydrogen) atoms. The molecule has 0 spiro atoms. The second-order valence-corrected chi connectivity index (χ2v) is 8.83. The molecule has 120 valence electrons. The molecule has 1 unspecified atom stereocenters. The molecule has 6 atom stereocenters. The fourth-order valence-corrected chi connectivity index (χ4v) is 6.82. The molecule has 2 nitrogen and oxygen atoms in total. The Morgan fingerprint density at radius 1 is 1.05 bits per heavy atom. The van der Waals surface area contributed by atoms with Crippen LogP contribution in [-0.2, 0) is 9.59 Å². The average molecular weight is 300 g/mol. The van der Waals surface area contributed by atoms with Crippen molar-refractivity contribution in [3.63, 3.8) is 0 Å². The molecule has 0 aromatic heterocycles. The van der Waals surface area contributed by atoms with Gasteiger partial charge in [0.1, 0.15) is 6.29 Å². The Morgan fingerprint density at radius 2 is 1.86 bits per heavy atom. The van der Waals surface area contributed by atoms with Gasteiger partial charge < -0.3 is 4.79 Å². The molecule has 0 N–H and O–H groups in total. The Labute approximate surface area is 133 Å². The van der Waals surface area contributed by atoms with E-state index in [4.69, 9.17) is 0 Å². The number of hydrogen-bond acceptors (Lipinski definition) is 2. The van der Waals surface area contributed by atoms with Crippen LogP contribution in [0.4, 0.5) is 0 Å². The van der Waals surface area contributed by atoms with Crippen LogP contribution in [0, 0.1) is 34.5 Å². The molecule has 0 bridgehead atoms. The third-order valence-corrected chi connectivity index (χ3v) is 8.20. The highest BCUT2D eigenvalue weighted by Crippen LogP contribution is 2.66. The van der Waals surface area contributed by atoms with Gasteiger partial charge in [-0.05, 0) is 79.6 Å². The number of aldehydes is 1. The molecule has 4 aliphatic carbocycles. The molecule has 3 saturated carbocycles. The van der Waals surface area contributed by atoms with Gasteiger partial charge in [-0.25, -0.2) is 0 Å². The number of carbonyl (C=O) groups excluding carboxylic acids is 2. The fraction of sp³-hybridized carbons (Fsp3) is 0.800. The van der Waals surface area contributed by atoms with Gasteiger partial charge in [0.05, 0.1) is 0 Å². The van der Waals surface area contributed by atoms with Crippen molar-refractivity contribution in [3.8, 4) is 0 Å². The third-order valence-electron chi connectivity index (χ3n) is 8.20. The highest BCUT2D eigenvalue weighted by atomic mass is 16.1. The summed E-state index contributed by atoms with van der Waals surface area (Å²) in [7, 11) is 0. The van der Waals surface area contributed by atoms with E-state index in [1.54, 1.807) is 0 Å². The maximum absolute atomic E-state index is 11.8. The Kier molecular flexibility index (Phi) is 3.19. The van der Waals surface area contributed by atoms with E-state index < -0.39 is 0 Å². The van der Waals surface area contributed by atoms with E-state index in [0.29, 0.717) is 5.78 Å². The molecule has 4 aliphatic rings. The summed E-state index contributed by atoms with van der Waals surface area (Å²) < 4.78 is 0. The van der Waals surface area contributed by atoms with Gasteiger partial charge in [-0.1, -0.05) is 19.4 Å². The zero-order valence-electron chi connectivity index (χ0n) is 13.9. The lowest BCUT2D eigenvalue weighted by Gasteiger charge is -2.57. The molecule has 0 aromatic carbocycles. The summed E-state index contributed by atoms with van der Waals surface area (Å²) in [4.78, 5) is 23.3. The van der Waals surface area contributed by atoms with Crippen LogP contribution in [0.2, 0.25) is 0 Å². The molecule has 0 aliphatic heterocycles. The van der Waals surface area contributed by atoms with Crippen LogP contribution in [-0.4, -0.2) is 12.1 Å².